The summed E-state index contributed by atoms with van der Waals surface area (Å²) in [5.41, 5.74) is 6.75. The van der Waals surface area contributed by atoms with Crippen molar-refractivity contribution in [1.82, 2.24) is 15.3 Å². The maximum atomic E-state index is 12.3. The lowest BCUT2D eigenvalue weighted by molar-refractivity contribution is -0.0250. The van der Waals surface area contributed by atoms with Crippen molar-refractivity contribution in [2.75, 3.05) is 12.3 Å². The van der Waals surface area contributed by atoms with E-state index in [4.69, 9.17) is 15.6 Å². The molecule has 0 radical (unpaired) electrons. The van der Waals surface area contributed by atoms with Crippen LogP contribution in [0.4, 0.5) is 5.82 Å². The second-order valence-corrected chi connectivity index (χ2v) is 5.81. The summed E-state index contributed by atoms with van der Waals surface area (Å²) in [6.45, 7) is -0.128. The highest BCUT2D eigenvalue weighted by Crippen LogP contribution is 2.32. The van der Waals surface area contributed by atoms with Crippen molar-refractivity contribution in [3.05, 3.63) is 47.4 Å². The molecule has 2 heterocycles. The van der Waals surface area contributed by atoms with E-state index in [1.165, 1.54) is 0 Å². The molecule has 1 amide bonds. The van der Waals surface area contributed by atoms with E-state index in [2.05, 4.69) is 15.3 Å². The molecule has 7 N–H and O–H groups in total. The van der Waals surface area contributed by atoms with Gasteiger partial charge in [-0.05, 0) is 5.56 Å². The third kappa shape index (κ3) is 3.49. The fraction of sp³-hybridized carbons (Fsp3) is 0.375. The van der Waals surface area contributed by atoms with Gasteiger partial charge in [-0.15, -0.1) is 0 Å². The number of nitrogen functional groups attached to an aromatic ring is 1. The van der Waals surface area contributed by atoms with Crippen molar-refractivity contribution in [2.45, 2.75) is 31.0 Å². The number of imidazole rings is 1. The summed E-state index contributed by atoms with van der Waals surface area (Å²) >= 11 is 0. The monoisotopic (exact) mass is 348 g/mol. The molecule has 134 valence electrons. The SMILES string of the molecule is Nc1nc([C@@H]2O[C@H](CO)[C@@H](O)[C@@H]2O)[nH]c1C(=O)NCc1ccccc1. The summed E-state index contributed by atoms with van der Waals surface area (Å²) in [6, 6.07) is 9.37. The Balaban J connectivity index is 1.71. The van der Waals surface area contributed by atoms with Gasteiger partial charge in [0.2, 0.25) is 0 Å². The molecule has 0 saturated carbocycles. The zero-order chi connectivity index (χ0) is 18.0. The first-order valence-electron chi connectivity index (χ1n) is 7.81. The summed E-state index contributed by atoms with van der Waals surface area (Å²) in [6.07, 6.45) is -4.48. The minimum absolute atomic E-state index is 0.0432. The van der Waals surface area contributed by atoms with Gasteiger partial charge >= 0.3 is 0 Å². The van der Waals surface area contributed by atoms with Crippen molar-refractivity contribution < 1.29 is 24.9 Å². The molecule has 25 heavy (non-hydrogen) atoms. The molecule has 1 saturated heterocycles. The van der Waals surface area contributed by atoms with Crippen LogP contribution in [0.2, 0.25) is 0 Å². The van der Waals surface area contributed by atoms with E-state index in [0.29, 0.717) is 6.54 Å². The molecular weight excluding hydrogens is 328 g/mol. The smallest absolute Gasteiger partial charge is 0.271 e. The number of nitrogens with zero attached hydrogens (tertiary/aromatic N) is 1. The van der Waals surface area contributed by atoms with E-state index in [-0.39, 0.29) is 17.3 Å². The van der Waals surface area contributed by atoms with Crippen molar-refractivity contribution in [1.29, 1.82) is 0 Å². The third-order valence-corrected chi connectivity index (χ3v) is 4.08. The van der Waals surface area contributed by atoms with Crippen LogP contribution in [0.25, 0.3) is 0 Å². The van der Waals surface area contributed by atoms with Gasteiger partial charge in [0.15, 0.2) is 5.82 Å². The van der Waals surface area contributed by atoms with Crippen molar-refractivity contribution >= 4 is 11.7 Å². The second-order valence-electron chi connectivity index (χ2n) is 5.81. The Labute approximate surface area is 143 Å². The summed E-state index contributed by atoms with van der Waals surface area (Å²) in [5.74, 6) is -0.380. The van der Waals surface area contributed by atoms with Crippen LogP contribution in [0, 0.1) is 0 Å². The summed E-state index contributed by atoms with van der Waals surface area (Å²) in [5, 5.41) is 31.7. The molecule has 0 spiro atoms. The van der Waals surface area contributed by atoms with Crippen LogP contribution < -0.4 is 11.1 Å². The molecular formula is C16H20N4O5. The fourth-order valence-corrected chi connectivity index (χ4v) is 2.71. The number of aromatic nitrogens is 2. The highest BCUT2D eigenvalue weighted by atomic mass is 16.6. The highest BCUT2D eigenvalue weighted by molar-refractivity contribution is 5.96. The van der Waals surface area contributed by atoms with E-state index < -0.39 is 36.9 Å². The largest absolute Gasteiger partial charge is 0.394 e. The van der Waals surface area contributed by atoms with Gasteiger partial charge in [0.25, 0.3) is 5.91 Å². The van der Waals surface area contributed by atoms with Crippen LogP contribution in [0.5, 0.6) is 0 Å². The van der Waals surface area contributed by atoms with Gasteiger partial charge in [-0.1, -0.05) is 30.3 Å². The molecule has 0 aliphatic carbocycles. The number of H-pyrrole nitrogens is 1. The molecule has 9 nitrogen and oxygen atoms in total. The molecule has 1 aromatic carbocycles. The van der Waals surface area contributed by atoms with Gasteiger partial charge in [-0.3, -0.25) is 4.79 Å². The fourth-order valence-electron chi connectivity index (χ4n) is 2.71. The van der Waals surface area contributed by atoms with E-state index in [9.17, 15) is 15.0 Å². The van der Waals surface area contributed by atoms with Crippen LogP contribution in [-0.4, -0.2) is 56.1 Å². The van der Waals surface area contributed by atoms with E-state index in [1.54, 1.807) is 0 Å². The minimum Gasteiger partial charge on any atom is -0.394 e. The number of nitrogens with one attached hydrogen (secondary N) is 2. The standard InChI is InChI=1S/C16H20N4O5/c17-14-10(16(24)18-6-8-4-2-1-3-5-8)19-15(20-14)13-12(23)11(22)9(7-21)25-13/h1-5,9,11-13,21-23H,6-7,17H2,(H,18,24)(H,19,20)/t9-,11-,12+,13-/m1/s1. The van der Waals surface area contributed by atoms with Crippen molar-refractivity contribution in [3.8, 4) is 0 Å². The summed E-state index contributed by atoms with van der Waals surface area (Å²) < 4.78 is 5.37. The zero-order valence-electron chi connectivity index (χ0n) is 13.3. The van der Waals surface area contributed by atoms with Crippen LogP contribution in [0.1, 0.15) is 28.0 Å². The number of carbonyl (C=O) groups excluding carboxylic acids is 1. The lowest BCUT2D eigenvalue weighted by Crippen LogP contribution is -2.32. The molecule has 3 rings (SSSR count). The molecule has 1 aliphatic rings. The Morgan fingerprint density at radius 1 is 1.28 bits per heavy atom. The Morgan fingerprint density at radius 3 is 2.64 bits per heavy atom. The highest BCUT2D eigenvalue weighted by Gasteiger charge is 2.44. The van der Waals surface area contributed by atoms with Crippen molar-refractivity contribution in [3.63, 3.8) is 0 Å². The molecule has 1 aromatic heterocycles. The van der Waals surface area contributed by atoms with Gasteiger partial charge in [0, 0.05) is 6.54 Å². The number of nitrogens with two attached hydrogens (primary N) is 1. The summed E-state index contributed by atoms with van der Waals surface area (Å²) in [4.78, 5) is 19.0. The van der Waals surface area contributed by atoms with Crippen molar-refractivity contribution in [2.24, 2.45) is 0 Å². The van der Waals surface area contributed by atoms with Gasteiger partial charge in [0.05, 0.1) is 6.61 Å². The number of carbonyl (C=O) groups is 1. The Bertz CT molecular complexity index is 735. The van der Waals surface area contributed by atoms with Gasteiger partial charge in [0.1, 0.15) is 35.9 Å². The lowest BCUT2D eigenvalue weighted by atomic mass is 10.1. The molecule has 0 bridgehead atoms. The van der Waals surface area contributed by atoms with E-state index in [1.807, 2.05) is 30.3 Å². The topological polar surface area (TPSA) is 154 Å². The molecule has 0 unspecified atom stereocenters. The molecule has 4 atom stereocenters. The Hall–Kier alpha value is -2.46. The minimum atomic E-state index is -1.29. The first kappa shape index (κ1) is 17.4. The molecule has 1 aliphatic heterocycles. The number of hydrogen-bond donors (Lipinski definition) is 6. The molecule has 1 fully saturated rings. The average molecular weight is 348 g/mol. The van der Waals surface area contributed by atoms with Crippen LogP contribution in [0.15, 0.2) is 30.3 Å². The quantitative estimate of drug-likeness (QED) is 0.408. The van der Waals surface area contributed by atoms with Gasteiger partial charge in [-0.2, -0.15) is 0 Å². The average Bonchev–Trinajstić information content (AvgIpc) is 3.14. The first-order chi connectivity index (χ1) is 12.0. The number of amides is 1. The lowest BCUT2D eigenvalue weighted by Gasteiger charge is -2.11. The molecule has 2 aromatic rings. The van der Waals surface area contributed by atoms with Crippen LogP contribution in [-0.2, 0) is 11.3 Å². The first-order valence-corrected chi connectivity index (χ1v) is 7.81. The summed E-state index contributed by atoms with van der Waals surface area (Å²) in [7, 11) is 0. The second kappa shape index (κ2) is 7.19. The predicted molar refractivity (Wildman–Crippen MR) is 87.3 cm³/mol. The Morgan fingerprint density at radius 2 is 2.00 bits per heavy atom. The number of benzene rings is 1. The molecule has 9 heteroatoms. The van der Waals surface area contributed by atoms with E-state index >= 15 is 0 Å². The maximum Gasteiger partial charge on any atom is 0.271 e. The van der Waals surface area contributed by atoms with Crippen LogP contribution >= 0.6 is 0 Å². The maximum absolute atomic E-state index is 12.3. The normalized spacial score (nSPS) is 25.9. The van der Waals surface area contributed by atoms with E-state index in [0.717, 1.165) is 5.56 Å². The number of hydrogen-bond acceptors (Lipinski definition) is 7. The van der Waals surface area contributed by atoms with Gasteiger partial charge < -0.3 is 36.1 Å². The number of rotatable bonds is 5. The van der Waals surface area contributed by atoms with Gasteiger partial charge in [-0.25, -0.2) is 4.98 Å². The third-order valence-electron chi connectivity index (χ3n) is 4.08. The number of anilines is 1. The zero-order valence-corrected chi connectivity index (χ0v) is 13.3. The predicted octanol–water partition coefficient (Wildman–Crippen LogP) is -0.924. The number of aliphatic hydroxyl groups is 3. The number of aliphatic hydroxyl groups excluding tert-OH is 3. The van der Waals surface area contributed by atoms with Crippen LogP contribution in [0.3, 0.4) is 0 Å². The Kier molecular flexibility index (Phi) is 5.00. The number of aromatic amines is 1. The number of ether oxygens (including phenoxy) is 1.